The molecule has 0 amide bonds. The number of benzene rings is 1. The van der Waals surface area contributed by atoms with Crippen LogP contribution in [0.4, 0.5) is 0 Å². The lowest BCUT2D eigenvalue weighted by Gasteiger charge is -2.26. The van der Waals surface area contributed by atoms with Crippen LogP contribution in [-0.4, -0.2) is 55.6 Å². The number of aryl methyl sites for hydroxylation is 1. The van der Waals surface area contributed by atoms with Gasteiger partial charge in [-0.1, -0.05) is 12.1 Å². The van der Waals surface area contributed by atoms with E-state index in [1.807, 2.05) is 43.3 Å². The maximum absolute atomic E-state index is 12.2. The Labute approximate surface area is 207 Å². The quantitative estimate of drug-likeness (QED) is 0.354. The van der Waals surface area contributed by atoms with Crippen LogP contribution in [0.25, 0.3) is 44.7 Å². The van der Waals surface area contributed by atoms with Crippen molar-refractivity contribution in [1.29, 1.82) is 0 Å². The summed E-state index contributed by atoms with van der Waals surface area (Å²) in [6.45, 7) is 4.09. The number of imidazole rings is 1. The van der Waals surface area contributed by atoms with Gasteiger partial charge in [0.2, 0.25) is 5.82 Å². The van der Waals surface area contributed by atoms with E-state index in [9.17, 15) is 4.79 Å². The van der Waals surface area contributed by atoms with E-state index in [1.165, 1.54) is 0 Å². The van der Waals surface area contributed by atoms with Gasteiger partial charge in [-0.2, -0.15) is 0 Å². The molecule has 1 aliphatic rings. The van der Waals surface area contributed by atoms with Crippen LogP contribution in [0.1, 0.15) is 16.3 Å². The molecule has 9 heteroatoms. The van der Waals surface area contributed by atoms with E-state index in [-0.39, 0.29) is 5.82 Å². The predicted molar refractivity (Wildman–Crippen MR) is 135 cm³/mol. The molecule has 1 saturated heterocycles. The Morgan fingerprint density at radius 3 is 2.56 bits per heavy atom. The number of esters is 1. The Kier molecular flexibility index (Phi) is 5.67. The third kappa shape index (κ3) is 4.32. The summed E-state index contributed by atoms with van der Waals surface area (Å²) in [6, 6.07) is 14.0. The number of pyridine rings is 2. The highest BCUT2D eigenvalue weighted by Gasteiger charge is 2.20. The first-order valence-corrected chi connectivity index (χ1v) is 11.7. The number of rotatable bonds is 6. The van der Waals surface area contributed by atoms with Gasteiger partial charge in [0.25, 0.3) is 0 Å². The number of hydrogen-bond donors (Lipinski definition) is 2. The molecule has 0 atom stereocenters. The molecule has 2 N–H and O–H groups in total. The molecular formula is C27H23N7O2. The Hall–Kier alpha value is -4.50. The fourth-order valence-corrected chi connectivity index (χ4v) is 4.13. The Morgan fingerprint density at radius 1 is 0.972 bits per heavy atom. The van der Waals surface area contributed by atoms with Gasteiger partial charge in [-0.3, -0.25) is 9.97 Å². The second kappa shape index (κ2) is 9.27. The summed E-state index contributed by atoms with van der Waals surface area (Å²) in [7, 11) is 0. The number of nitrogens with one attached hydrogen (secondary N) is 2. The first-order chi connectivity index (χ1) is 17.6. The zero-order valence-electron chi connectivity index (χ0n) is 19.6. The molecule has 0 unspecified atom stereocenters. The smallest absolute Gasteiger partial charge is 0.376 e. The van der Waals surface area contributed by atoms with Gasteiger partial charge >= 0.3 is 5.97 Å². The molecule has 6 rings (SSSR count). The zero-order valence-corrected chi connectivity index (χ0v) is 19.6. The lowest BCUT2D eigenvalue weighted by atomic mass is 10.0. The van der Waals surface area contributed by atoms with Crippen LogP contribution in [0.15, 0.2) is 67.4 Å². The van der Waals surface area contributed by atoms with Crippen LogP contribution in [0.2, 0.25) is 0 Å². The van der Waals surface area contributed by atoms with Gasteiger partial charge in [-0.15, -0.1) is 0 Å². The molecule has 0 bridgehead atoms. The fraction of sp³-hybridized carbons (Fsp3) is 0.185. The molecular weight excluding hydrogens is 454 g/mol. The topological polar surface area (TPSA) is 119 Å². The fourth-order valence-electron chi connectivity index (χ4n) is 4.13. The van der Waals surface area contributed by atoms with Crippen molar-refractivity contribution in [3.8, 4) is 33.8 Å². The number of aromatic nitrogens is 6. The number of carbonyl (C=O) groups excluding carboxylic acids is 1. The second-order valence-corrected chi connectivity index (χ2v) is 8.84. The monoisotopic (exact) mass is 477 g/mol. The number of fused-ring (bicyclic) bond motifs is 1. The summed E-state index contributed by atoms with van der Waals surface area (Å²) in [5, 5.41) is 4.10. The van der Waals surface area contributed by atoms with Crippen molar-refractivity contribution in [2.45, 2.75) is 6.92 Å². The summed E-state index contributed by atoms with van der Waals surface area (Å²) in [5.41, 5.74) is 6.90. The summed E-state index contributed by atoms with van der Waals surface area (Å²) in [5.74, 6) is -0.0853. The molecule has 178 valence electrons. The first kappa shape index (κ1) is 22.0. The SMILES string of the molecule is Cc1cccc(-c2[nH]cnc2-c2ccc3ncc(-c4cnc(C(=O)OCC5CNC5)nc4)cc3c2)n1. The highest BCUT2D eigenvalue weighted by Crippen LogP contribution is 2.31. The highest BCUT2D eigenvalue weighted by atomic mass is 16.5. The van der Waals surface area contributed by atoms with Crippen molar-refractivity contribution in [2.24, 2.45) is 5.92 Å². The molecule has 9 nitrogen and oxygen atoms in total. The lowest BCUT2D eigenvalue weighted by Crippen LogP contribution is -2.44. The van der Waals surface area contributed by atoms with E-state index >= 15 is 0 Å². The summed E-state index contributed by atoms with van der Waals surface area (Å²) in [4.78, 5) is 37.7. The van der Waals surface area contributed by atoms with Crippen LogP contribution in [0.5, 0.6) is 0 Å². The predicted octanol–water partition coefficient (Wildman–Crippen LogP) is 3.83. The lowest BCUT2D eigenvalue weighted by molar-refractivity contribution is 0.0383. The van der Waals surface area contributed by atoms with Crippen molar-refractivity contribution in [2.75, 3.05) is 19.7 Å². The van der Waals surface area contributed by atoms with Gasteiger partial charge in [0.1, 0.15) is 0 Å². The molecule has 1 aromatic carbocycles. The maximum Gasteiger partial charge on any atom is 0.376 e. The molecule has 0 spiro atoms. The minimum atomic E-state index is -0.507. The van der Waals surface area contributed by atoms with Crippen molar-refractivity contribution in [3.05, 3.63) is 78.9 Å². The molecule has 0 saturated carbocycles. The molecule has 1 fully saturated rings. The van der Waals surface area contributed by atoms with E-state index in [2.05, 4.69) is 41.3 Å². The Bertz CT molecular complexity index is 1560. The van der Waals surface area contributed by atoms with E-state index in [4.69, 9.17) is 4.74 Å². The number of ether oxygens (including phenoxy) is 1. The average Bonchev–Trinajstić information content (AvgIpc) is 3.37. The van der Waals surface area contributed by atoms with Crippen molar-refractivity contribution >= 4 is 16.9 Å². The molecule has 1 aliphatic heterocycles. The highest BCUT2D eigenvalue weighted by molar-refractivity contribution is 5.89. The molecule has 0 aliphatic carbocycles. The molecule has 5 aromatic rings. The zero-order chi connectivity index (χ0) is 24.5. The molecule has 4 aromatic heterocycles. The molecule has 36 heavy (non-hydrogen) atoms. The van der Waals surface area contributed by atoms with Crippen molar-refractivity contribution < 1.29 is 9.53 Å². The minimum absolute atomic E-state index is 0.0536. The number of hydrogen-bond acceptors (Lipinski definition) is 8. The summed E-state index contributed by atoms with van der Waals surface area (Å²) in [6.07, 6.45) is 6.70. The van der Waals surface area contributed by atoms with Crippen LogP contribution in [0, 0.1) is 12.8 Å². The third-order valence-electron chi connectivity index (χ3n) is 6.22. The third-order valence-corrected chi connectivity index (χ3v) is 6.22. The van der Waals surface area contributed by atoms with Crippen LogP contribution >= 0.6 is 0 Å². The van der Waals surface area contributed by atoms with Crippen molar-refractivity contribution in [3.63, 3.8) is 0 Å². The van der Waals surface area contributed by atoms with Gasteiger partial charge in [0, 0.05) is 65.4 Å². The summed E-state index contributed by atoms with van der Waals surface area (Å²) < 4.78 is 5.30. The van der Waals surface area contributed by atoms with Gasteiger partial charge in [-0.25, -0.2) is 19.7 Å². The van der Waals surface area contributed by atoms with Gasteiger partial charge in [-0.05, 0) is 37.3 Å². The van der Waals surface area contributed by atoms with Crippen LogP contribution in [0.3, 0.4) is 0 Å². The summed E-state index contributed by atoms with van der Waals surface area (Å²) >= 11 is 0. The van der Waals surface area contributed by atoms with Gasteiger partial charge < -0.3 is 15.0 Å². The van der Waals surface area contributed by atoms with Crippen LogP contribution in [-0.2, 0) is 4.74 Å². The van der Waals surface area contributed by atoms with Crippen LogP contribution < -0.4 is 5.32 Å². The average molecular weight is 478 g/mol. The second-order valence-electron chi connectivity index (χ2n) is 8.84. The number of carbonyl (C=O) groups is 1. The van der Waals surface area contributed by atoms with Crippen molar-refractivity contribution in [1.82, 2.24) is 35.2 Å². The number of aromatic amines is 1. The largest absolute Gasteiger partial charge is 0.459 e. The van der Waals surface area contributed by atoms with Gasteiger partial charge in [0.15, 0.2) is 0 Å². The van der Waals surface area contributed by atoms with Gasteiger partial charge in [0.05, 0.1) is 35.5 Å². The first-order valence-electron chi connectivity index (χ1n) is 11.7. The van der Waals surface area contributed by atoms with E-state index in [1.54, 1.807) is 24.9 Å². The van der Waals surface area contributed by atoms with E-state index in [0.717, 1.165) is 63.5 Å². The Balaban J connectivity index is 1.27. The van der Waals surface area contributed by atoms with E-state index < -0.39 is 5.97 Å². The number of H-pyrrole nitrogens is 1. The Morgan fingerprint density at radius 2 is 1.78 bits per heavy atom. The van der Waals surface area contributed by atoms with E-state index in [0.29, 0.717) is 12.5 Å². The number of nitrogens with zero attached hydrogens (tertiary/aromatic N) is 5. The normalized spacial score (nSPS) is 13.5. The maximum atomic E-state index is 12.2. The minimum Gasteiger partial charge on any atom is -0.459 e. The molecule has 5 heterocycles. The molecule has 0 radical (unpaired) electrons. The standard InChI is InChI=1S/C27H23N7O2/c1-16-3-2-4-23(34-16)25-24(32-15-33-25)18-5-6-22-19(7-18)8-20(11-29-22)21-12-30-26(31-13-21)27(35)36-14-17-9-28-10-17/h2-8,11-13,15,17,28H,9-10,14H2,1H3,(H,32,33).